The van der Waals surface area contributed by atoms with Crippen molar-refractivity contribution in [2.75, 3.05) is 0 Å². The van der Waals surface area contributed by atoms with Crippen molar-refractivity contribution >= 4 is 35.8 Å². The molecule has 0 radical (unpaired) electrons. The molecule has 1 heterocycles. The lowest BCUT2D eigenvalue weighted by molar-refractivity contribution is -0.142. The molecule has 0 saturated carbocycles. The van der Waals surface area contributed by atoms with Crippen LogP contribution in [0.3, 0.4) is 0 Å². The molecule has 1 aromatic heterocycles. The van der Waals surface area contributed by atoms with Gasteiger partial charge in [-0.15, -0.1) is 11.3 Å². The summed E-state index contributed by atoms with van der Waals surface area (Å²) in [6, 6.07) is 1.91. The van der Waals surface area contributed by atoms with Gasteiger partial charge in [-0.3, -0.25) is 4.79 Å². The molecule has 0 aliphatic heterocycles. The normalized spacial score (nSPS) is 14.7. The van der Waals surface area contributed by atoms with E-state index < -0.39 is 28.7 Å². The van der Waals surface area contributed by atoms with Crippen molar-refractivity contribution in [2.45, 2.75) is 37.1 Å². The Kier molecular flexibility index (Phi) is 5.39. The van der Waals surface area contributed by atoms with Crippen LogP contribution in [-0.2, 0) is 16.0 Å². The Morgan fingerprint density at radius 2 is 2.21 bits per heavy atom. The molecule has 1 aromatic rings. The molecule has 5 nitrogen and oxygen atoms in total. The molecule has 106 valence electrons. The Labute approximate surface area is 121 Å². The molecule has 0 unspecified atom stereocenters. The van der Waals surface area contributed by atoms with E-state index in [1.807, 2.05) is 17.5 Å². The van der Waals surface area contributed by atoms with Gasteiger partial charge >= 0.3 is 5.97 Å². The molecule has 1 amide bonds. The van der Waals surface area contributed by atoms with Crippen LogP contribution < -0.4 is 11.1 Å². The summed E-state index contributed by atoms with van der Waals surface area (Å²) < 4.78 is -0.871. The van der Waals surface area contributed by atoms with Crippen LogP contribution in [0.1, 0.15) is 18.7 Å². The molecule has 0 bridgehead atoms. The van der Waals surface area contributed by atoms with Gasteiger partial charge in [0.05, 0.1) is 6.04 Å². The van der Waals surface area contributed by atoms with Crippen molar-refractivity contribution in [1.82, 2.24) is 5.32 Å². The van der Waals surface area contributed by atoms with E-state index in [0.717, 1.165) is 4.88 Å². The second kappa shape index (κ2) is 6.40. The van der Waals surface area contributed by atoms with E-state index in [4.69, 9.17) is 10.8 Å². The van der Waals surface area contributed by atoms with Crippen LogP contribution in [0, 0.1) is 0 Å². The summed E-state index contributed by atoms with van der Waals surface area (Å²) in [5, 5.41) is 13.4. The van der Waals surface area contributed by atoms with Crippen LogP contribution in [0.5, 0.6) is 0 Å². The van der Waals surface area contributed by atoms with E-state index in [1.165, 1.54) is 11.3 Å². The van der Waals surface area contributed by atoms with E-state index in [0.29, 0.717) is 6.42 Å². The Morgan fingerprint density at radius 1 is 1.58 bits per heavy atom. The molecule has 0 aliphatic carbocycles. The molecule has 0 saturated heterocycles. The van der Waals surface area contributed by atoms with E-state index in [-0.39, 0.29) is 0 Å². The highest BCUT2D eigenvalue weighted by Gasteiger charge is 2.34. The van der Waals surface area contributed by atoms with Gasteiger partial charge in [-0.1, -0.05) is 6.07 Å². The smallest absolute Gasteiger partial charge is 0.327 e. The number of nitrogens with one attached hydrogen (secondary N) is 1. The first-order valence-electron chi connectivity index (χ1n) is 5.75. The van der Waals surface area contributed by atoms with Gasteiger partial charge in [0.15, 0.2) is 0 Å². The summed E-state index contributed by atoms with van der Waals surface area (Å²) in [5.41, 5.74) is 5.78. The Morgan fingerprint density at radius 3 is 2.63 bits per heavy atom. The largest absolute Gasteiger partial charge is 0.480 e. The molecule has 0 spiro atoms. The second-order valence-corrected chi connectivity index (χ2v) is 7.01. The molecule has 0 fully saturated rings. The number of hydrogen-bond donors (Lipinski definition) is 4. The average Bonchev–Trinajstić information content (AvgIpc) is 2.75. The SMILES string of the molecule is CC(C)(S)[C@@H](NC(=O)[C@H](N)Cc1cccs1)C(=O)O. The van der Waals surface area contributed by atoms with Crippen LogP contribution in [0.25, 0.3) is 0 Å². The molecule has 0 aromatic carbocycles. The number of thiol groups is 1. The predicted octanol–water partition coefficient (Wildman–Crippen LogP) is 0.896. The molecular formula is C12H18N2O3S2. The summed E-state index contributed by atoms with van der Waals surface area (Å²) in [6.45, 7) is 3.25. The van der Waals surface area contributed by atoms with Crippen LogP contribution in [0.2, 0.25) is 0 Å². The average molecular weight is 302 g/mol. The van der Waals surface area contributed by atoms with Gasteiger partial charge in [-0.05, 0) is 25.3 Å². The van der Waals surface area contributed by atoms with Gasteiger partial charge in [0.2, 0.25) is 5.91 Å². The molecule has 7 heteroatoms. The highest BCUT2D eigenvalue weighted by atomic mass is 32.1. The Balaban J connectivity index is 2.64. The first-order valence-corrected chi connectivity index (χ1v) is 7.08. The van der Waals surface area contributed by atoms with Gasteiger partial charge in [0.1, 0.15) is 6.04 Å². The Bertz CT molecular complexity index is 440. The molecule has 4 N–H and O–H groups in total. The van der Waals surface area contributed by atoms with Crippen LogP contribution in [0.4, 0.5) is 0 Å². The summed E-state index contributed by atoms with van der Waals surface area (Å²) in [7, 11) is 0. The van der Waals surface area contributed by atoms with Crippen molar-refractivity contribution < 1.29 is 14.7 Å². The standard InChI is InChI=1S/C12H18N2O3S2/c1-12(2,18)9(11(16)17)14-10(15)8(13)6-7-4-3-5-19-7/h3-5,8-9,18H,6,13H2,1-2H3,(H,14,15)(H,16,17)/t8-,9+/m1/s1. The van der Waals surface area contributed by atoms with Crippen molar-refractivity contribution in [1.29, 1.82) is 0 Å². The number of nitrogens with two attached hydrogens (primary N) is 1. The fourth-order valence-electron chi connectivity index (χ4n) is 1.53. The van der Waals surface area contributed by atoms with Crippen molar-refractivity contribution in [3.63, 3.8) is 0 Å². The van der Waals surface area contributed by atoms with Crippen LogP contribution >= 0.6 is 24.0 Å². The van der Waals surface area contributed by atoms with Crippen LogP contribution in [0.15, 0.2) is 17.5 Å². The highest BCUT2D eigenvalue weighted by molar-refractivity contribution is 7.81. The van der Waals surface area contributed by atoms with Crippen molar-refractivity contribution in [2.24, 2.45) is 5.73 Å². The lowest BCUT2D eigenvalue weighted by Gasteiger charge is -2.27. The number of rotatable bonds is 6. The fraction of sp³-hybridized carbons (Fsp3) is 0.500. The monoisotopic (exact) mass is 302 g/mol. The van der Waals surface area contributed by atoms with E-state index in [1.54, 1.807) is 13.8 Å². The Hall–Kier alpha value is -1.05. The zero-order valence-electron chi connectivity index (χ0n) is 10.8. The van der Waals surface area contributed by atoms with Crippen LogP contribution in [-0.4, -0.2) is 33.8 Å². The zero-order chi connectivity index (χ0) is 14.6. The minimum atomic E-state index is -1.13. The van der Waals surface area contributed by atoms with E-state index >= 15 is 0 Å². The number of thiophene rings is 1. The number of carbonyl (C=O) groups is 2. The molecule has 0 aliphatic rings. The molecular weight excluding hydrogens is 284 g/mol. The van der Waals surface area contributed by atoms with E-state index in [9.17, 15) is 9.59 Å². The lowest BCUT2D eigenvalue weighted by Crippen LogP contribution is -2.55. The number of amides is 1. The summed E-state index contributed by atoms with van der Waals surface area (Å²) in [6.07, 6.45) is 0.392. The summed E-state index contributed by atoms with van der Waals surface area (Å²) in [4.78, 5) is 24.0. The first kappa shape index (κ1) is 16.0. The first-order chi connectivity index (χ1) is 8.71. The third kappa shape index (κ3) is 4.85. The quantitative estimate of drug-likeness (QED) is 0.587. The third-order valence-corrected chi connectivity index (χ3v) is 3.73. The number of carboxylic acid groups (broad SMARTS) is 1. The van der Waals surface area contributed by atoms with Gasteiger partial charge in [0.25, 0.3) is 0 Å². The topological polar surface area (TPSA) is 92.4 Å². The number of aliphatic carboxylic acids is 1. The van der Waals surface area contributed by atoms with Gasteiger partial charge in [-0.2, -0.15) is 12.6 Å². The van der Waals surface area contributed by atoms with E-state index in [2.05, 4.69) is 17.9 Å². The van der Waals surface area contributed by atoms with Crippen molar-refractivity contribution in [3.8, 4) is 0 Å². The van der Waals surface area contributed by atoms with Gasteiger partial charge < -0.3 is 16.2 Å². The third-order valence-electron chi connectivity index (χ3n) is 2.58. The molecule has 19 heavy (non-hydrogen) atoms. The number of hydrogen-bond acceptors (Lipinski definition) is 5. The minimum absolute atomic E-state index is 0.392. The van der Waals surface area contributed by atoms with Gasteiger partial charge in [-0.25, -0.2) is 4.79 Å². The second-order valence-electron chi connectivity index (χ2n) is 4.82. The summed E-state index contributed by atoms with van der Waals surface area (Å²) in [5.74, 6) is -1.61. The van der Waals surface area contributed by atoms with Gasteiger partial charge in [0, 0.05) is 16.0 Å². The maximum absolute atomic E-state index is 11.9. The van der Waals surface area contributed by atoms with Crippen molar-refractivity contribution in [3.05, 3.63) is 22.4 Å². The number of carbonyl (C=O) groups excluding carboxylic acids is 1. The highest BCUT2D eigenvalue weighted by Crippen LogP contribution is 2.18. The predicted molar refractivity (Wildman–Crippen MR) is 78.6 cm³/mol. The molecule has 2 atom stereocenters. The maximum Gasteiger partial charge on any atom is 0.327 e. The minimum Gasteiger partial charge on any atom is -0.480 e. The maximum atomic E-state index is 11.9. The fourth-order valence-corrected chi connectivity index (χ4v) is 2.47. The lowest BCUT2D eigenvalue weighted by atomic mass is 10.0. The summed E-state index contributed by atoms with van der Waals surface area (Å²) >= 11 is 5.69. The number of carboxylic acids is 1. The zero-order valence-corrected chi connectivity index (χ0v) is 12.5. The molecule has 1 rings (SSSR count).